The molecule has 82 valence electrons. The van der Waals surface area contributed by atoms with Crippen molar-refractivity contribution in [1.82, 2.24) is 4.98 Å². The normalized spacial score (nSPS) is 14.6. The molecule has 1 aromatic rings. The Kier molecular flexibility index (Phi) is 4.03. The highest BCUT2D eigenvalue weighted by atomic mass is 35.5. The second-order valence-electron chi connectivity index (χ2n) is 3.38. The summed E-state index contributed by atoms with van der Waals surface area (Å²) in [4.78, 5) is 14.1. The molecule has 4 nitrogen and oxygen atoms in total. The van der Waals surface area contributed by atoms with E-state index in [1.807, 2.05) is 13.8 Å². The highest BCUT2D eigenvalue weighted by molar-refractivity contribution is 6.20. The molecule has 1 heterocycles. The van der Waals surface area contributed by atoms with Gasteiger partial charge in [-0.1, -0.05) is 6.92 Å². The first-order valence-electron chi connectivity index (χ1n) is 4.80. The van der Waals surface area contributed by atoms with E-state index < -0.39 is 4.92 Å². The molecule has 0 fully saturated rings. The molecular formula is C10H13ClN2O2. The summed E-state index contributed by atoms with van der Waals surface area (Å²) in [7, 11) is 0. The van der Waals surface area contributed by atoms with Crippen molar-refractivity contribution < 1.29 is 4.92 Å². The van der Waals surface area contributed by atoms with Crippen LogP contribution in [0, 0.1) is 10.1 Å². The van der Waals surface area contributed by atoms with Crippen LogP contribution < -0.4 is 0 Å². The minimum Gasteiger partial charge on any atom is -0.258 e. The number of hydrogen-bond acceptors (Lipinski definition) is 3. The summed E-state index contributed by atoms with van der Waals surface area (Å²) < 4.78 is 0. The highest BCUT2D eigenvalue weighted by Crippen LogP contribution is 2.32. The van der Waals surface area contributed by atoms with Gasteiger partial charge in [0.25, 0.3) is 5.69 Å². The zero-order valence-corrected chi connectivity index (χ0v) is 9.44. The van der Waals surface area contributed by atoms with Crippen molar-refractivity contribution in [1.29, 1.82) is 0 Å². The quantitative estimate of drug-likeness (QED) is 0.452. The molecule has 5 heteroatoms. The van der Waals surface area contributed by atoms with E-state index in [9.17, 15) is 10.1 Å². The first-order chi connectivity index (χ1) is 7.07. The number of pyridine rings is 1. The summed E-state index contributed by atoms with van der Waals surface area (Å²) in [5, 5.41) is 10.7. The van der Waals surface area contributed by atoms with Gasteiger partial charge in [-0.3, -0.25) is 15.1 Å². The molecule has 0 aliphatic rings. The number of nitro groups is 1. The molecule has 0 amide bonds. The third kappa shape index (κ3) is 2.65. The van der Waals surface area contributed by atoms with Crippen LogP contribution in [-0.2, 0) is 0 Å². The summed E-state index contributed by atoms with van der Waals surface area (Å²) in [5.74, 6) is -0.00457. The molecule has 0 aliphatic carbocycles. The van der Waals surface area contributed by atoms with E-state index in [2.05, 4.69) is 4.98 Å². The lowest BCUT2D eigenvalue weighted by Crippen LogP contribution is -2.10. The van der Waals surface area contributed by atoms with Crippen LogP contribution in [0.5, 0.6) is 0 Å². The molecular weight excluding hydrogens is 216 g/mol. The van der Waals surface area contributed by atoms with E-state index >= 15 is 0 Å². The predicted molar refractivity (Wildman–Crippen MR) is 59.2 cm³/mol. The number of hydrogen-bond donors (Lipinski definition) is 0. The van der Waals surface area contributed by atoms with E-state index in [-0.39, 0.29) is 17.0 Å². The van der Waals surface area contributed by atoms with Crippen molar-refractivity contribution in [3.05, 3.63) is 34.1 Å². The van der Waals surface area contributed by atoms with Gasteiger partial charge in [0.05, 0.1) is 4.92 Å². The number of halogens is 1. The van der Waals surface area contributed by atoms with E-state index in [1.54, 1.807) is 12.3 Å². The van der Waals surface area contributed by atoms with Crippen molar-refractivity contribution in [2.75, 3.05) is 0 Å². The molecule has 0 aromatic carbocycles. The molecule has 1 rings (SSSR count). The molecule has 15 heavy (non-hydrogen) atoms. The lowest BCUT2D eigenvalue weighted by Gasteiger charge is -2.17. The second-order valence-corrected chi connectivity index (χ2v) is 4.07. The van der Waals surface area contributed by atoms with Crippen LogP contribution >= 0.6 is 11.6 Å². The minimum absolute atomic E-state index is 0.00457. The Morgan fingerprint density at radius 1 is 1.67 bits per heavy atom. The van der Waals surface area contributed by atoms with Crippen LogP contribution in [0.25, 0.3) is 0 Å². The van der Waals surface area contributed by atoms with Crippen LogP contribution in [0.3, 0.4) is 0 Å². The monoisotopic (exact) mass is 228 g/mol. The minimum atomic E-state index is -0.412. The standard InChI is InChI=1S/C10H13ClN2O2/c1-3-8(7(2)11)9-4-5-12-6-10(9)13(14)15/h4-8H,3H2,1-2H3. The molecule has 2 unspecified atom stereocenters. The zero-order valence-electron chi connectivity index (χ0n) is 8.68. The maximum atomic E-state index is 10.8. The SMILES string of the molecule is CCC(c1ccncc1[N+](=O)[O-])C(C)Cl. The first-order valence-corrected chi connectivity index (χ1v) is 5.24. The first kappa shape index (κ1) is 11.9. The van der Waals surface area contributed by atoms with Crippen LogP contribution in [0.15, 0.2) is 18.5 Å². The fourth-order valence-corrected chi connectivity index (χ4v) is 1.97. The Morgan fingerprint density at radius 3 is 2.80 bits per heavy atom. The van der Waals surface area contributed by atoms with Crippen molar-refractivity contribution in [2.45, 2.75) is 31.6 Å². The lowest BCUT2D eigenvalue weighted by atomic mass is 9.93. The zero-order chi connectivity index (χ0) is 11.4. The Balaban J connectivity index is 3.16. The van der Waals surface area contributed by atoms with Gasteiger partial charge in [0.15, 0.2) is 0 Å². The smallest absolute Gasteiger partial charge is 0.258 e. The third-order valence-electron chi connectivity index (χ3n) is 2.42. The summed E-state index contributed by atoms with van der Waals surface area (Å²) in [6.45, 7) is 3.81. The average molecular weight is 229 g/mol. The van der Waals surface area contributed by atoms with Crippen molar-refractivity contribution in [2.24, 2.45) is 0 Å². The maximum absolute atomic E-state index is 10.8. The summed E-state index contributed by atoms with van der Waals surface area (Å²) in [6.07, 6.45) is 3.61. The Morgan fingerprint density at radius 2 is 2.33 bits per heavy atom. The van der Waals surface area contributed by atoms with Crippen LogP contribution in [-0.4, -0.2) is 15.3 Å². The van der Waals surface area contributed by atoms with E-state index in [4.69, 9.17) is 11.6 Å². The molecule has 0 bridgehead atoms. The van der Waals surface area contributed by atoms with Crippen LogP contribution in [0.4, 0.5) is 5.69 Å². The predicted octanol–water partition coefficient (Wildman–Crippen LogP) is 3.11. The van der Waals surface area contributed by atoms with Gasteiger partial charge in [-0.15, -0.1) is 11.6 Å². The van der Waals surface area contributed by atoms with Crippen LogP contribution in [0.1, 0.15) is 31.7 Å². The fourth-order valence-electron chi connectivity index (χ4n) is 1.66. The van der Waals surface area contributed by atoms with Crippen molar-refractivity contribution >= 4 is 17.3 Å². The Bertz CT molecular complexity index is 355. The van der Waals surface area contributed by atoms with Crippen molar-refractivity contribution in [3.63, 3.8) is 0 Å². The molecule has 0 saturated carbocycles. The third-order valence-corrected chi connectivity index (χ3v) is 2.73. The maximum Gasteiger partial charge on any atom is 0.291 e. The van der Waals surface area contributed by atoms with Crippen LogP contribution in [0.2, 0.25) is 0 Å². The summed E-state index contributed by atoms with van der Waals surface area (Å²) >= 11 is 6.01. The topological polar surface area (TPSA) is 56.0 Å². The largest absolute Gasteiger partial charge is 0.291 e. The van der Waals surface area contributed by atoms with Gasteiger partial charge in [0.1, 0.15) is 6.20 Å². The Hall–Kier alpha value is -1.16. The number of aromatic nitrogens is 1. The summed E-state index contributed by atoms with van der Waals surface area (Å²) in [5.41, 5.74) is 0.719. The average Bonchev–Trinajstić information content (AvgIpc) is 2.18. The van der Waals surface area contributed by atoms with E-state index in [0.29, 0.717) is 5.56 Å². The molecule has 0 N–H and O–H groups in total. The molecule has 2 atom stereocenters. The van der Waals surface area contributed by atoms with Gasteiger partial charge in [-0.05, 0) is 19.4 Å². The lowest BCUT2D eigenvalue weighted by molar-refractivity contribution is -0.386. The molecule has 1 aromatic heterocycles. The van der Waals surface area contributed by atoms with Gasteiger partial charge in [-0.2, -0.15) is 0 Å². The molecule has 0 radical (unpaired) electrons. The van der Waals surface area contributed by atoms with Gasteiger partial charge in [0.2, 0.25) is 0 Å². The van der Waals surface area contributed by atoms with Gasteiger partial charge >= 0.3 is 0 Å². The van der Waals surface area contributed by atoms with E-state index in [1.165, 1.54) is 6.20 Å². The highest BCUT2D eigenvalue weighted by Gasteiger charge is 2.24. The van der Waals surface area contributed by atoms with Gasteiger partial charge in [0, 0.05) is 23.1 Å². The molecule has 0 aliphatic heterocycles. The van der Waals surface area contributed by atoms with Crippen molar-refractivity contribution in [3.8, 4) is 0 Å². The number of alkyl halides is 1. The number of nitrogens with zero attached hydrogens (tertiary/aromatic N) is 2. The number of rotatable bonds is 4. The van der Waals surface area contributed by atoms with Gasteiger partial charge in [-0.25, -0.2) is 0 Å². The van der Waals surface area contributed by atoms with E-state index in [0.717, 1.165) is 6.42 Å². The Labute approximate surface area is 93.4 Å². The summed E-state index contributed by atoms with van der Waals surface area (Å²) in [6, 6.07) is 1.67. The molecule has 0 saturated heterocycles. The second kappa shape index (κ2) is 5.07. The van der Waals surface area contributed by atoms with Gasteiger partial charge < -0.3 is 0 Å². The molecule has 0 spiro atoms. The fraction of sp³-hybridized carbons (Fsp3) is 0.500.